The molecule has 0 aliphatic heterocycles. The van der Waals surface area contributed by atoms with Gasteiger partial charge in [0.15, 0.2) is 5.78 Å². The fraction of sp³-hybridized carbons (Fsp3) is 0.312. The van der Waals surface area contributed by atoms with Crippen molar-refractivity contribution in [3.8, 4) is 11.3 Å². The highest BCUT2D eigenvalue weighted by molar-refractivity contribution is 5.99. The second-order valence-corrected chi connectivity index (χ2v) is 5.90. The van der Waals surface area contributed by atoms with E-state index in [-0.39, 0.29) is 11.2 Å². The molecule has 1 aliphatic rings. The third kappa shape index (κ3) is 2.28. The Morgan fingerprint density at radius 2 is 1.79 bits per heavy atom. The molecular formula is C16H16N2O. The van der Waals surface area contributed by atoms with Crippen LogP contribution in [0.15, 0.2) is 36.4 Å². The Hall–Kier alpha value is -2.03. The van der Waals surface area contributed by atoms with Crippen molar-refractivity contribution in [3.05, 3.63) is 47.7 Å². The molecule has 1 aliphatic carbocycles. The van der Waals surface area contributed by atoms with Crippen LogP contribution < -0.4 is 0 Å². The van der Waals surface area contributed by atoms with Crippen molar-refractivity contribution < 1.29 is 4.79 Å². The maximum absolute atomic E-state index is 12.2. The molecule has 0 bridgehead atoms. The van der Waals surface area contributed by atoms with Crippen LogP contribution in [-0.4, -0.2) is 16.0 Å². The van der Waals surface area contributed by atoms with E-state index in [1.807, 2.05) is 36.4 Å². The minimum Gasteiger partial charge on any atom is -0.294 e. The van der Waals surface area contributed by atoms with E-state index in [0.717, 1.165) is 28.9 Å². The lowest BCUT2D eigenvalue weighted by atomic mass is 9.76. The molecule has 0 saturated heterocycles. The highest BCUT2D eigenvalue weighted by atomic mass is 16.1. The minimum absolute atomic E-state index is 0.00692. The van der Waals surface area contributed by atoms with Crippen molar-refractivity contribution in [2.24, 2.45) is 5.41 Å². The van der Waals surface area contributed by atoms with Crippen LogP contribution in [0.2, 0.25) is 0 Å². The molecule has 1 aromatic carbocycles. The molecule has 0 saturated carbocycles. The van der Waals surface area contributed by atoms with Crippen molar-refractivity contribution in [3.63, 3.8) is 0 Å². The monoisotopic (exact) mass is 252 g/mol. The van der Waals surface area contributed by atoms with Crippen molar-refractivity contribution in [1.82, 2.24) is 10.2 Å². The van der Waals surface area contributed by atoms with Gasteiger partial charge in [-0.1, -0.05) is 44.2 Å². The lowest BCUT2D eigenvalue weighted by Gasteiger charge is -2.28. The Morgan fingerprint density at radius 1 is 1.05 bits per heavy atom. The van der Waals surface area contributed by atoms with Gasteiger partial charge in [0.1, 0.15) is 0 Å². The number of nitrogens with zero attached hydrogens (tertiary/aromatic N) is 2. The van der Waals surface area contributed by atoms with E-state index >= 15 is 0 Å². The zero-order valence-electron chi connectivity index (χ0n) is 11.2. The van der Waals surface area contributed by atoms with E-state index < -0.39 is 0 Å². The Bertz CT molecular complexity index is 632. The van der Waals surface area contributed by atoms with E-state index in [2.05, 4.69) is 24.0 Å². The number of hydrogen-bond donors (Lipinski definition) is 0. The molecule has 3 nitrogen and oxygen atoms in total. The van der Waals surface area contributed by atoms with Gasteiger partial charge in [0.05, 0.1) is 11.4 Å². The van der Waals surface area contributed by atoms with Crippen LogP contribution in [0.1, 0.15) is 36.3 Å². The number of carbonyl (C=O) groups is 1. The average molecular weight is 252 g/mol. The smallest absolute Gasteiger partial charge is 0.165 e. The van der Waals surface area contributed by atoms with Gasteiger partial charge in [0.25, 0.3) is 0 Å². The summed E-state index contributed by atoms with van der Waals surface area (Å²) in [5, 5.41) is 8.53. The Morgan fingerprint density at radius 3 is 2.53 bits per heavy atom. The fourth-order valence-corrected chi connectivity index (χ4v) is 2.58. The summed E-state index contributed by atoms with van der Waals surface area (Å²) in [6.07, 6.45) is 1.40. The summed E-state index contributed by atoms with van der Waals surface area (Å²) in [4.78, 5) is 12.2. The normalized spacial score (nSPS) is 17.1. The van der Waals surface area contributed by atoms with Gasteiger partial charge in [-0.2, -0.15) is 10.2 Å². The van der Waals surface area contributed by atoms with Gasteiger partial charge in [-0.25, -0.2) is 0 Å². The highest BCUT2D eigenvalue weighted by Gasteiger charge is 2.32. The summed E-state index contributed by atoms with van der Waals surface area (Å²) in [5.41, 5.74) is 3.34. The molecule has 3 heteroatoms. The largest absolute Gasteiger partial charge is 0.294 e. The van der Waals surface area contributed by atoms with E-state index in [0.29, 0.717) is 6.42 Å². The topological polar surface area (TPSA) is 42.9 Å². The third-order valence-corrected chi connectivity index (χ3v) is 3.53. The predicted molar refractivity (Wildman–Crippen MR) is 73.9 cm³/mol. The van der Waals surface area contributed by atoms with Gasteiger partial charge in [0.2, 0.25) is 0 Å². The van der Waals surface area contributed by atoms with Crippen LogP contribution in [0.4, 0.5) is 0 Å². The number of aromatic nitrogens is 2. The summed E-state index contributed by atoms with van der Waals surface area (Å²) in [6.45, 7) is 4.20. The number of hydrogen-bond acceptors (Lipinski definition) is 3. The van der Waals surface area contributed by atoms with Crippen LogP contribution in [0.25, 0.3) is 11.3 Å². The van der Waals surface area contributed by atoms with Crippen molar-refractivity contribution in [1.29, 1.82) is 0 Å². The third-order valence-electron chi connectivity index (χ3n) is 3.53. The summed E-state index contributed by atoms with van der Waals surface area (Å²) >= 11 is 0. The zero-order valence-corrected chi connectivity index (χ0v) is 11.2. The quantitative estimate of drug-likeness (QED) is 0.782. The van der Waals surface area contributed by atoms with Crippen molar-refractivity contribution in [2.75, 3.05) is 0 Å². The van der Waals surface area contributed by atoms with Crippen LogP contribution >= 0.6 is 0 Å². The van der Waals surface area contributed by atoms with Gasteiger partial charge < -0.3 is 0 Å². The molecule has 3 rings (SSSR count). The standard InChI is InChI=1S/C16H16N2O/c1-16(2)9-14-12(15(19)10-16)8-13(17-18-14)11-6-4-3-5-7-11/h3-8H,9-10H2,1-2H3. The average Bonchev–Trinajstić information content (AvgIpc) is 2.38. The van der Waals surface area contributed by atoms with Crippen LogP contribution in [0.3, 0.4) is 0 Å². The Kier molecular flexibility index (Phi) is 2.70. The maximum atomic E-state index is 12.2. The molecule has 19 heavy (non-hydrogen) atoms. The Labute approximate surface area is 112 Å². The molecule has 0 spiro atoms. The molecule has 0 fully saturated rings. The minimum atomic E-state index is -0.00692. The number of fused-ring (bicyclic) bond motifs is 1. The zero-order chi connectivity index (χ0) is 13.5. The van der Waals surface area contributed by atoms with Gasteiger partial charge >= 0.3 is 0 Å². The maximum Gasteiger partial charge on any atom is 0.165 e. The number of carbonyl (C=O) groups excluding carboxylic acids is 1. The summed E-state index contributed by atoms with van der Waals surface area (Å²) in [5.74, 6) is 0.179. The van der Waals surface area contributed by atoms with E-state index in [9.17, 15) is 4.79 Å². The molecule has 2 aromatic rings. The first-order valence-electron chi connectivity index (χ1n) is 6.50. The molecule has 0 amide bonds. The van der Waals surface area contributed by atoms with Gasteiger partial charge in [-0.05, 0) is 17.9 Å². The SMILES string of the molecule is CC1(C)CC(=O)c2cc(-c3ccccc3)nnc2C1. The first-order valence-corrected chi connectivity index (χ1v) is 6.50. The summed E-state index contributed by atoms with van der Waals surface area (Å²) in [7, 11) is 0. The molecule has 0 atom stereocenters. The predicted octanol–water partition coefficient (Wildman–Crippen LogP) is 3.30. The van der Waals surface area contributed by atoms with Gasteiger partial charge in [-0.3, -0.25) is 4.79 Å². The number of ketones is 1. The molecular weight excluding hydrogens is 236 g/mol. The fourth-order valence-electron chi connectivity index (χ4n) is 2.58. The molecule has 96 valence electrons. The summed E-state index contributed by atoms with van der Waals surface area (Å²) in [6, 6.07) is 11.7. The number of benzene rings is 1. The molecule has 0 unspecified atom stereocenters. The van der Waals surface area contributed by atoms with E-state index in [1.54, 1.807) is 0 Å². The second kappa shape index (κ2) is 4.26. The van der Waals surface area contributed by atoms with E-state index in [4.69, 9.17) is 0 Å². The van der Waals surface area contributed by atoms with Crippen LogP contribution in [0, 0.1) is 5.41 Å². The summed E-state index contributed by atoms with van der Waals surface area (Å²) < 4.78 is 0. The highest BCUT2D eigenvalue weighted by Crippen LogP contribution is 2.34. The molecule has 0 N–H and O–H groups in total. The number of rotatable bonds is 1. The van der Waals surface area contributed by atoms with Crippen LogP contribution in [0.5, 0.6) is 0 Å². The van der Waals surface area contributed by atoms with Crippen LogP contribution in [-0.2, 0) is 6.42 Å². The van der Waals surface area contributed by atoms with Gasteiger partial charge in [0, 0.05) is 17.5 Å². The number of Topliss-reactive ketones (excluding diaryl/α,β-unsaturated/α-hetero) is 1. The van der Waals surface area contributed by atoms with Crippen molar-refractivity contribution in [2.45, 2.75) is 26.7 Å². The Balaban J connectivity index is 2.06. The van der Waals surface area contributed by atoms with Gasteiger partial charge in [-0.15, -0.1) is 0 Å². The lowest BCUT2D eigenvalue weighted by Crippen LogP contribution is -2.28. The van der Waals surface area contributed by atoms with E-state index in [1.165, 1.54) is 0 Å². The van der Waals surface area contributed by atoms with Crippen molar-refractivity contribution >= 4 is 5.78 Å². The second-order valence-electron chi connectivity index (χ2n) is 5.90. The molecule has 0 radical (unpaired) electrons. The lowest BCUT2D eigenvalue weighted by molar-refractivity contribution is 0.0909. The first kappa shape index (κ1) is 12.0. The molecule has 1 heterocycles. The first-order chi connectivity index (χ1) is 9.05. The molecule has 1 aromatic heterocycles.